The molecule has 2 aromatic carbocycles. The monoisotopic (exact) mass is 414 g/mol. The van der Waals surface area contributed by atoms with Gasteiger partial charge in [-0.05, 0) is 29.8 Å². The summed E-state index contributed by atoms with van der Waals surface area (Å²) < 4.78 is 9.76. The number of nitro benzene ring substituents is 2. The van der Waals surface area contributed by atoms with Crippen molar-refractivity contribution in [2.24, 2.45) is 0 Å². The normalized spacial score (nSPS) is 10.6. The highest BCUT2D eigenvalue weighted by atomic mass is 16.6. The Hall–Kier alpha value is -4.66. The molecule has 0 heterocycles. The third-order valence-electron chi connectivity index (χ3n) is 3.82. The van der Waals surface area contributed by atoms with Gasteiger partial charge >= 0.3 is 5.69 Å². The summed E-state index contributed by atoms with van der Waals surface area (Å²) in [5.74, 6) is -1.74. The van der Waals surface area contributed by atoms with Gasteiger partial charge in [0.2, 0.25) is 5.75 Å². The molecule has 2 rings (SSSR count). The molecule has 12 heteroatoms. The molecule has 0 spiro atoms. The van der Waals surface area contributed by atoms with Crippen molar-refractivity contribution in [3.05, 3.63) is 61.7 Å². The Morgan fingerprint density at radius 2 is 1.80 bits per heavy atom. The number of methoxy groups -OCH3 is 2. The molecule has 2 N–H and O–H groups in total. The van der Waals surface area contributed by atoms with E-state index >= 15 is 0 Å². The number of benzene rings is 2. The van der Waals surface area contributed by atoms with Gasteiger partial charge in [-0.25, -0.2) is 0 Å². The van der Waals surface area contributed by atoms with E-state index in [2.05, 4.69) is 5.32 Å². The molecule has 0 bridgehead atoms. The Balaban J connectivity index is 2.44. The van der Waals surface area contributed by atoms with Gasteiger partial charge < -0.3 is 19.9 Å². The largest absolute Gasteiger partial charge is 0.500 e. The van der Waals surface area contributed by atoms with Crippen LogP contribution in [0.4, 0.5) is 17.1 Å². The van der Waals surface area contributed by atoms with Crippen LogP contribution in [-0.4, -0.2) is 35.1 Å². The Morgan fingerprint density at radius 3 is 2.33 bits per heavy atom. The van der Waals surface area contributed by atoms with Gasteiger partial charge in [-0.3, -0.25) is 25.0 Å². The first kappa shape index (κ1) is 21.6. The van der Waals surface area contributed by atoms with E-state index in [1.807, 2.05) is 0 Å². The zero-order chi connectivity index (χ0) is 22.4. The molecule has 0 aliphatic rings. The average Bonchev–Trinajstić information content (AvgIpc) is 2.72. The summed E-state index contributed by atoms with van der Waals surface area (Å²) in [6.07, 6.45) is 1.01. The number of rotatable bonds is 7. The maximum atomic E-state index is 12.4. The van der Waals surface area contributed by atoms with E-state index in [4.69, 9.17) is 9.47 Å². The van der Waals surface area contributed by atoms with E-state index in [0.717, 1.165) is 18.2 Å². The van der Waals surface area contributed by atoms with Gasteiger partial charge in [0, 0.05) is 6.07 Å². The number of nitrogens with one attached hydrogen (secondary N) is 1. The summed E-state index contributed by atoms with van der Waals surface area (Å²) in [6.45, 7) is 0. The number of amides is 1. The Labute approximate surface area is 168 Å². The van der Waals surface area contributed by atoms with Crippen molar-refractivity contribution in [1.29, 1.82) is 5.26 Å². The van der Waals surface area contributed by atoms with Crippen LogP contribution in [0.25, 0.3) is 6.08 Å². The lowest BCUT2D eigenvalue weighted by Crippen LogP contribution is -2.14. The highest BCUT2D eigenvalue weighted by Crippen LogP contribution is 2.37. The number of hydrogen-bond donors (Lipinski definition) is 2. The van der Waals surface area contributed by atoms with Gasteiger partial charge in [0.15, 0.2) is 5.75 Å². The molecular weight excluding hydrogens is 400 g/mol. The van der Waals surface area contributed by atoms with Crippen molar-refractivity contribution in [2.75, 3.05) is 19.5 Å². The zero-order valence-electron chi connectivity index (χ0n) is 15.6. The van der Waals surface area contributed by atoms with Crippen LogP contribution in [0.1, 0.15) is 5.56 Å². The van der Waals surface area contributed by atoms with E-state index in [-0.39, 0.29) is 22.7 Å². The summed E-state index contributed by atoms with van der Waals surface area (Å²) in [6, 6.07) is 7.46. The van der Waals surface area contributed by atoms with E-state index in [9.17, 15) is 35.4 Å². The van der Waals surface area contributed by atoms with Crippen LogP contribution in [0.3, 0.4) is 0 Å². The molecule has 2 aromatic rings. The lowest BCUT2D eigenvalue weighted by Gasteiger charge is -2.08. The molecule has 0 saturated carbocycles. The average molecular weight is 414 g/mol. The molecule has 0 aromatic heterocycles. The van der Waals surface area contributed by atoms with Crippen molar-refractivity contribution < 1.29 is 29.2 Å². The smallest absolute Gasteiger partial charge is 0.315 e. The van der Waals surface area contributed by atoms with Crippen LogP contribution in [-0.2, 0) is 4.79 Å². The Morgan fingerprint density at radius 1 is 1.13 bits per heavy atom. The number of aromatic hydroxyl groups is 1. The van der Waals surface area contributed by atoms with Crippen LogP contribution >= 0.6 is 0 Å². The first-order valence-electron chi connectivity index (χ1n) is 8.02. The molecule has 0 radical (unpaired) electrons. The minimum absolute atomic E-state index is 0.0206. The fourth-order valence-electron chi connectivity index (χ4n) is 2.39. The van der Waals surface area contributed by atoms with Gasteiger partial charge in [0.25, 0.3) is 11.6 Å². The molecule has 0 fully saturated rings. The summed E-state index contributed by atoms with van der Waals surface area (Å²) in [5.41, 5.74) is -1.80. The van der Waals surface area contributed by atoms with Crippen LogP contribution in [0.2, 0.25) is 0 Å². The molecule has 0 atom stereocenters. The highest BCUT2D eigenvalue weighted by Gasteiger charge is 2.22. The third kappa shape index (κ3) is 4.60. The first-order chi connectivity index (χ1) is 14.2. The van der Waals surface area contributed by atoms with E-state index < -0.39 is 38.5 Å². The predicted molar refractivity (Wildman–Crippen MR) is 103 cm³/mol. The Kier molecular flexibility index (Phi) is 6.51. The van der Waals surface area contributed by atoms with Crippen molar-refractivity contribution in [2.45, 2.75) is 0 Å². The van der Waals surface area contributed by atoms with E-state index in [0.29, 0.717) is 0 Å². The van der Waals surface area contributed by atoms with Gasteiger partial charge in [-0.15, -0.1) is 0 Å². The minimum atomic E-state index is -0.986. The van der Waals surface area contributed by atoms with Crippen molar-refractivity contribution >= 4 is 29.0 Å². The van der Waals surface area contributed by atoms with Crippen LogP contribution < -0.4 is 14.8 Å². The lowest BCUT2D eigenvalue weighted by molar-refractivity contribution is -0.386. The van der Waals surface area contributed by atoms with Gasteiger partial charge in [0.1, 0.15) is 23.1 Å². The zero-order valence-corrected chi connectivity index (χ0v) is 15.6. The molecule has 1 amide bonds. The number of nitriles is 1. The lowest BCUT2D eigenvalue weighted by atomic mass is 10.1. The van der Waals surface area contributed by atoms with Crippen molar-refractivity contribution in [1.82, 2.24) is 0 Å². The standard InChI is InChI=1S/C18H14N4O8/c1-29-12-3-4-13(14(8-12)21(25)26)20-18(24)11(9-19)5-10-6-15(22(27)28)17(23)16(7-10)30-2/h3-8,23H,1-2H3,(H,20,24)/b11-5+. The summed E-state index contributed by atoms with van der Waals surface area (Å²) in [5, 5.41) is 43.7. The minimum Gasteiger partial charge on any atom is -0.500 e. The fourth-order valence-corrected chi connectivity index (χ4v) is 2.39. The SMILES string of the molecule is COc1ccc(NC(=O)/C(C#N)=C/c2cc(OC)c(O)c([N+](=O)[O-])c2)c([N+](=O)[O-])c1. The third-order valence-corrected chi connectivity index (χ3v) is 3.82. The molecular formula is C18H14N4O8. The van der Waals surface area contributed by atoms with Crippen LogP contribution in [0.5, 0.6) is 17.2 Å². The van der Waals surface area contributed by atoms with E-state index in [1.54, 1.807) is 6.07 Å². The van der Waals surface area contributed by atoms with Gasteiger partial charge in [-0.1, -0.05) is 0 Å². The second-order valence-corrected chi connectivity index (χ2v) is 5.61. The molecule has 154 valence electrons. The topological polar surface area (TPSA) is 178 Å². The fraction of sp³-hybridized carbons (Fsp3) is 0.111. The maximum absolute atomic E-state index is 12.4. The van der Waals surface area contributed by atoms with Crippen molar-refractivity contribution in [3.8, 4) is 23.3 Å². The van der Waals surface area contributed by atoms with Gasteiger partial charge in [0.05, 0.1) is 30.1 Å². The number of ether oxygens (including phenoxy) is 2. The molecule has 30 heavy (non-hydrogen) atoms. The first-order valence-corrected chi connectivity index (χ1v) is 8.02. The summed E-state index contributed by atoms with van der Waals surface area (Å²) in [4.78, 5) is 33.2. The number of hydrogen-bond acceptors (Lipinski definition) is 9. The molecule has 0 saturated heterocycles. The summed E-state index contributed by atoms with van der Waals surface area (Å²) in [7, 11) is 2.49. The quantitative estimate of drug-likeness (QED) is 0.298. The van der Waals surface area contributed by atoms with Crippen molar-refractivity contribution in [3.63, 3.8) is 0 Å². The van der Waals surface area contributed by atoms with E-state index in [1.165, 1.54) is 32.4 Å². The summed E-state index contributed by atoms with van der Waals surface area (Å²) >= 11 is 0. The molecule has 0 aliphatic carbocycles. The number of nitrogens with zero attached hydrogens (tertiary/aromatic N) is 3. The van der Waals surface area contributed by atoms with Gasteiger partial charge in [-0.2, -0.15) is 5.26 Å². The molecule has 0 aliphatic heterocycles. The maximum Gasteiger partial charge on any atom is 0.315 e. The number of phenols is 1. The number of nitro groups is 2. The second kappa shape index (κ2) is 9.02. The number of carbonyl (C=O) groups is 1. The number of phenolic OH excluding ortho intramolecular Hbond substituents is 1. The second-order valence-electron chi connectivity index (χ2n) is 5.61. The predicted octanol–water partition coefficient (Wildman–Crippen LogP) is 2.77. The molecule has 12 nitrogen and oxygen atoms in total. The highest BCUT2D eigenvalue weighted by molar-refractivity contribution is 6.10. The molecule has 0 unspecified atom stereocenters. The Bertz CT molecular complexity index is 1100. The van der Waals surface area contributed by atoms with Crippen LogP contribution in [0.15, 0.2) is 35.9 Å². The van der Waals surface area contributed by atoms with Crippen LogP contribution in [0, 0.1) is 31.6 Å². The number of carbonyl (C=O) groups excluding carboxylic acids is 1. The number of anilines is 1.